The Balaban J connectivity index is 2.51. The Morgan fingerprint density at radius 1 is 1.40 bits per heavy atom. The van der Waals surface area contributed by atoms with E-state index in [-0.39, 0.29) is 5.69 Å². The number of nitro groups is 1. The SMILES string of the molecule is Cc1ccccc1N(C)c1sc(C(C)O)cc1[N+](=O)[O-]. The van der Waals surface area contributed by atoms with Gasteiger partial charge in [0.25, 0.3) is 0 Å². The number of hydrogen-bond acceptors (Lipinski definition) is 5. The molecule has 0 aliphatic heterocycles. The second-order valence-electron chi connectivity index (χ2n) is 4.62. The van der Waals surface area contributed by atoms with E-state index in [1.165, 1.54) is 17.4 Å². The van der Waals surface area contributed by atoms with E-state index in [0.29, 0.717) is 9.88 Å². The zero-order chi connectivity index (χ0) is 14.9. The van der Waals surface area contributed by atoms with Gasteiger partial charge in [-0.15, -0.1) is 11.3 Å². The van der Waals surface area contributed by atoms with E-state index >= 15 is 0 Å². The summed E-state index contributed by atoms with van der Waals surface area (Å²) in [4.78, 5) is 13.2. The lowest BCUT2D eigenvalue weighted by molar-refractivity contribution is -0.383. The van der Waals surface area contributed by atoms with Crippen LogP contribution >= 0.6 is 11.3 Å². The van der Waals surface area contributed by atoms with E-state index < -0.39 is 11.0 Å². The van der Waals surface area contributed by atoms with Gasteiger partial charge in [-0.25, -0.2) is 0 Å². The van der Waals surface area contributed by atoms with Crippen LogP contribution in [0, 0.1) is 17.0 Å². The van der Waals surface area contributed by atoms with E-state index in [1.807, 2.05) is 31.2 Å². The van der Waals surface area contributed by atoms with Gasteiger partial charge < -0.3 is 10.0 Å². The molecule has 1 heterocycles. The monoisotopic (exact) mass is 292 g/mol. The van der Waals surface area contributed by atoms with Crippen molar-refractivity contribution in [3.63, 3.8) is 0 Å². The number of nitrogens with zero attached hydrogens (tertiary/aromatic N) is 2. The molecule has 5 nitrogen and oxygen atoms in total. The first-order valence-electron chi connectivity index (χ1n) is 6.17. The summed E-state index contributed by atoms with van der Waals surface area (Å²) >= 11 is 1.24. The first-order chi connectivity index (χ1) is 9.41. The number of aryl methyl sites for hydroxylation is 1. The smallest absolute Gasteiger partial charge is 0.304 e. The third kappa shape index (κ3) is 2.66. The Labute approximate surface area is 121 Å². The quantitative estimate of drug-likeness (QED) is 0.687. The van der Waals surface area contributed by atoms with E-state index in [9.17, 15) is 15.2 Å². The highest BCUT2D eigenvalue weighted by Crippen LogP contribution is 2.42. The Morgan fingerprint density at radius 2 is 2.05 bits per heavy atom. The largest absolute Gasteiger partial charge is 0.388 e. The van der Waals surface area contributed by atoms with E-state index in [1.54, 1.807) is 18.9 Å². The van der Waals surface area contributed by atoms with E-state index in [4.69, 9.17) is 0 Å². The first-order valence-corrected chi connectivity index (χ1v) is 6.99. The van der Waals surface area contributed by atoms with Crippen molar-refractivity contribution in [3.8, 4) is 0 Å². The predicted octanol–water partition coefficient (Wildman–Crippen LogP) is 3.79. The number of aliphatic hydroxyl groups excluding tert-OH is 1. The zero-order valence-electron chi connectivity index (χ0n) is 11.5. The summed E-state index contributed by atoms with van der Waals surface area (Å²) in [5.74, 6) is 0. The number of thiophene rings is 1. The summed E-state index contributed by atoms with van der Waals surface area (Å²) in [6.07, 6.45) is -0.710. The molecule has 2 aromatic rings. The molecule has 0 fully saturated rings. The van der Waals surface area contributed by atoms with Crippen molar-refractivity contribution in [2.75, 3.05) is 11.9 Å². The van der Waals surface area contributed by atoms with Crippen LogP contribution < -0.4 is 4.90 Å². The van der Waals surface area contributed by atoms with Crippen LogP contribution in [0.1, 0.15) is 23.5 Å². The Kier molecular flexibility index (Phi) is 4.06. The van der Waals surface area contributed by atoms with Crippen molar-refractivity contribution in [1.82, 2.24) is 0 Å². The minimum atomic E-state index is -0.710. The van der Waals surface area contributed by atoms with Crippen LogP contribution in [0.5, 0.6) is 0 Å². The predicted molar refractivity (Wildman–Crippen MR) is 80.8 cm³/mol. The molecule has 1 aromatic heterocycles. The van der Waals surface area contributed by atoms with Crippen LogP contribution in [0.4, 0.5) is 16.4 Å². The topological polar surface area (TPSA) is 66.6 Å². The van der Waals surface area contributed by atoms with Gasteiger partial charge in [0, 0.05) is 23.7 Å². The summed E-state index contributed by atoms with van der Waals surface area (Å²) < 4.78 is 0. The summed E-state index contributed by atoms with van der Waals surface area (Å²) in [6.45, 7) is 3.56. The molecule has 2 rings (SSSR count). The van der Waals surface area contributed by atoms with Crippen LogP contribution in [0.3, 0.4) is 0 Å². The molecule has 1 unspecified atom stereocenters. The highest BCUT2D eigenvalue weighted by Gasteiger charge is 2.24. The molecule has 6 heteroatoms. The fourth-order valence-electron chi connectivity index (χ4n) is 2.02. The maximum Gasteiger partial charge on any atom is 0.304 e. The Bertz CT molecular complexity index is 637. The minimum absolute atomic E-state index is 0.0247. The van der Waals surface area contributed by atoms with Gasteiger partial charge in [-0.3, -0.25) is 10.1 Å². The van der Waals surface area contributed by atoms with Crippen LogP contribution in [0.15, 0.2) is 30.3 Å². The molecular formula is C14H16N2O3S. The molecule has 0 amide bonds. The van der Waals surface area contributed by atoms with Gasteiger partial charge in [-0.1, -0.05) is 18.2 Å². The van der Waals surface area contributed by atoms with Crippen LogP contribution in [0.25, 0.3) is 0 Å². The highest BCUT2D eigenvalue weighted by atomic mass is 32.1. The van der Waals surface area contributed by atoms with Gasteiger partial charge in [0.2, 0.25) is 0 Å². The lowest BCUT2D eigenvalue weighted by atomic mass is 10.2. The lowest BCUT2D eigenvalue weighted by Crippen LogP contribution is -2.10. The highest BCUT2D eigenvalue weighted by molar-refractivity contribution is 7.16. The van der Waals surface area contributed by atoms with Gasteiger partial charge >= 0.3 is 5.69 Å². The van der Waals surface area contributed by atoms with Crippen molar-refractivity contribution < 1.29 is 10.0 Å². The molecule has 106 valence electrons. The normalized spacial score (nSPS) is 12.2. The zero-order valence-corrected chi connectivity index (χ0v) is 12.3. The summed E-state index contributed by atoms with van der Waals surface area (Å²) in [5.41, 5.74) is 1.97. The van der Waals surface area contributed by atoms with Crippen LogP contribution in [0.2, 0.25) is 0 Å². The molecule has 1 atom stereocenters. The van der Waals surface area contributed by atoms with Crippen molar-refractivity contribution >= 4 is 27.7 Å². The van der Waals surface area contributed by atoms with Gasteiger partial charge in [-0.2, -0.15) is 0 Å². The number of aliphatic hydroxyl groups is 1. The summed E-state index contributed by atoms with van der Waals surface area (Å²) in [6, 6.07) is 9.14. The Hall–Kier alpha value is -1.92. The molecule has 1 N–H and O–H groups in total. The molecule has 1 aromatic carbocycles. The fraction of sp³-hybridized carbons (Fsp3) is 0.286. The number of hydrogen-bond donors (Lipinski definition) is 1. The third-order valence-electron chi connectivity index (χ3n) is 3.10. The second-order valence-corrected chi connectivity index (χ2v) is 5.68. The number of anilines is 2. The molecule has 0 saturated heterocycles. The molecule has 0 radical (unpaired) electrons. The first kappa shape index (κ1) is 14.5. The maximum atomic E-state index is 11.2. The Morgan fingerprint density at radius 3 is 2.60 bits per heavy atom. The standard InChI is InChI=1S/C14H16N2O3S/c1-9-6-4-5-7-11(9)15(3)14-12(16(18)19)8-13(20-14)10(2)17/h4-8,10,17H,1-3H3. The van der Waals surface area contributed by atoms with Crippen LogP contribution in [-0.2, 0) is 0 Å². The van der Waals surface area contributed by atoms with Gasteiger partial charge in [0.05, 0.1) is 11.0 Å². The molecule has 0 saturated carbocycles. The van der Waals surface area contributed by atoms with Gasteiger partial charge in [0.1, 0.15) is 0 Å². The molecular weight excluding hydrogens is 276 g/mol. The number of para-hydroxylation sites is 1. The van der Waals surface area contributed by atoms with Gasteiger partial charge in [-0.05, 0) is 25.5 Å². The maximum absolute atomic E-state index is 11.2. The number of rotatable bonds is 4. The molecule has 20 heavy (non-hydrogen) atoms. The molecule has 0 aliphatic carbocycles. The third-order valence-corrected chi connectivity index (χ3v) is 4.47. The van der Waals surface area contributed by atoms with Crippen molar-refractivity contribution in [2.24, 2.45) is 0 Å². The minimum Gasteiger partial charge on any atom is -0.388 e. The summed E-state index contributed by atoms with van der Waals surface area (Å²) in [5, 5.41) is 21.3. The average molecular weight is 292 g/mol. The molecule has 0 bridgehead atoms. The number of benzene rings is 1. The van der Waals surface area contributed by atoms with Gasteiger partial charge in [0.15, 0.2) is 5.00 Å². The van der Waals surface area contributed by atoms with Crippen LogP contribution in [-0.4, -0.2) is 17.1 Å². The van der Waals surface area contributed by atoms with E-state index in [0.717, 1.165) is 11.3 Å². The molecule has 0 spiro atoms. The van der Waals surface area contributed by atoms with Crippen molar-refractivity contribution in [3.05, 3.63) is 50.9 Å². The van der Waals surface area contributed by atoms with Crippen molar-refractivity contribution in [1.29, 1.82) is 0 Å². The summed E-state index contributed by atoms with van der Waals surface area (Å²) in [7, 11) is 1.80. The van der Waals surface area contributed by atoms with Crippen molar-refractivity contribution in [2.45, 2.75) is 20.0 Å². The lowest BCUT2D eigenvalue weighted by Gasteiger charge is -2.19. The fourth-order valence-corrected chi connectivity index (χ4v) is 3.05. The average Bonchev–Trinajstić information content (AvgIpc) is 2.84. The molecule has 0 aliphatic rings. The van der Waals surface area contributed by atoms with E-state index in [2.05, 4.69) is 0 Å². The second kappa shape index (κ2) is 5.60.